The van der Waals surface area contributed by atoms with Gasteiger partial charge in [0, 0.05) is 51.4 Å². The van der Waals surface area contributed by atoms with Crippen LogP contribution in [0.1, 0.15) is 36.8 Å². The van der Waals surface area contributed by atoms with Crippen molar-refractivity contribution in [1.29, 1.82) is 0 Å². The summed E-state index contributed by atoms with van der Waals surface area (Å²) in [4.78, 5) is 33.7. The molecule has 1 unspecified atom stereocenters. The van der Waals surface area contributed by atoms with Gasteiger partial charge in [0.15, 0.2) is 0 Å². The van der Waals surface area contributed by atoms with Gasteiger partial charge in [-0.15, -0.1) is 10.2 Å². The molecular formula is C23H30N6O2S. The second kappa shape index (κ2) is 8.69. The van der Waals surface area contributed by atoms with E-state index in [2.05, 4.69) is 52.0 Å². The molecule has 3 aliphatic heterocycles. The molecule has 4 heterocycles. The molecule has 0 bridgehead atoms. The highest BCUT2D eigenvalue weighted by atomic mass is 32.1. The molecule has 0 spiro atoms. The van der Waals surface area contributed by atoms with E-state index in [1.54, 1.807) is 4.90 Å². The zero-order valence-corrected chi connectivity index (χ0v) is 19.6. The maximum absolute atomic E-state index is 13.4. The minimum Gasteiger partial charge on any atom is -0.368 e. The van der Waals surface area contributed by atoms with Crippen LogP contribution in [-0.4, -0.2) is 72.2 Å². The number of aryl methyl sites for hydroxylation is 1. The summed E-state index contributed by atoms with van der Waals surface area (Å²) in [5.41, 5.74) is 3.89. The number of amides is 2. The Morgan fingerprint density at radius 3 is 2.53 bits per heavy atom. The highest BCUT2D eigenvalue weighted by Crippen LogP contribution is 2.34. The molecule has 32 heavy (non-hydrogen) atoms. The average Bonchev–Trinajstić information content (AvgIpc) is 3.55. The van der Waals surface area contributed by atoms with Crippen molar-refractivity contribution in [2.45, 2.75) is 45.6 Å². The maximum Gasteiger partial charge on any atom is 0.245 e. The van der Waals surface area contributed by atoms with Crippen molar-refractivity contribution in [2.24, 2.45) is 0 Å². The van der Waals surface area contributed by atoms with Gasteiger partial charge in [-0.05, 0) is 50.3 Å². The van der Waals surface area contributed by atoms with E-state index < -0.39 is 0 Å². The maximum atomic E-state index is 13.4. The molecule has 3 fully saturated rings. The van der Waals surface area contributed by atoms with Crippen molar-refractivity contribution in [3.8, 4) is 0 Å². The number of aromatic nitrogens is 2. The van der Waals surface area contributed by atoms with Crippen molar-refractivity contribution in [3.63, 3.8) is 0 Å². The molecule has 2 aromatic rings. The number of benzene rings is 1. The molecule has 0 aliphatic carbocycles. The van der Waals surface area contributed by atoms with Gasteiger partial charge in [0.05, 0.1) is 0 Å². The quantitative estimate of drug-likeness (QED) is 0.707. The molecule has 0 N–H and O–H groups in total. The van der Waals surface area contributed by atoms with Crippen LogP contribution in [0.25, 0.3) is 0 Å². The summed E-state index contributed by atoms with van der Waals surface area (Å²) in [5.74, 6) is 0.306. The molecule has 5 rings (SSSR count). The number of carbonyl (C=O) groups excluding carboxylic acids is 2. The molecule has 9 heteroatoms. The standard InChI is InChI=1S/C23H30N6O2S/c1-16-6-3-7-18(17(16)2)26-12-14-27(15-13-26)21(31)19-8-4-10-28(19)22-24-25-23(32-22)29-11-5-9-20(29)30/h3,6-7,19H,4-5,8-15H2,1-2H3. The van der Waals surface area contributed by atoms with Gasteiger partial charge >= 0.3 is 0 Å². The molecular weight excluding hydrogens is 424 g/mol. The molecule has 2 amide bonds. The van der Waals surface area contributed by atoms with Crippen molar-refractivity contribution in [1.82, 2.24) is 15.1 Å². The lowest BCUT2D eigenvalue weighted by molar-refractivity contribution is -0.132. The molecule has 1 atom stereocenters. The molecule has 1 aromatic carbocycles. The first kappa shape index (κ1) is 21.2. The van der Waals surface area contributed by atoms with E-state index in [1.807, 2.05) is 4.90 Å². The molecule has 3 saturated heterocycles. The first-order valence-corrected chi connectivity index (χ1v) is 12.3. The molecule has 170 valence electrons. The van der Waals surface area contributed by atoms with E-state index in [4.69, 9.17) is 0 Å². The van der Waals surface area contributed by atoms with Crippen LogP contribution in [0.3, 0.4) is 0 Å². The van der Waals surface area contributed by atoms with Crippen LogP contribution in [0.2, 0.25) is 0 Å². The Bertz CT molecular complexity index is 1020. The second-order valence-electron chi connectivity index (χ2n) is 8.90. The zero-order chi connectivity index (χ0) is 22.2. The van der Waals surface area contributed by atoms with Gasteiger partial charge in [-0.25, -0.2) is 0 Å². The van der Waals surface area contributed by atoms with Crippen LogP contribution in [0.4, 0.5) is 16.0 Å². The smallest absolute Gasteiger partial charge is 0.245 e. The number of hydrogen-bond donors (Lipinski definition) is 0. The highest BCUT2D eigenvalue weighted by molar-refractivity contribution is 7.19. The summed E-state index contributed by atoms with van der Waals surface area (Å²) in [5, 5.41) is 10.0. The van der Waals surface area contributed by atoms with Gasteiger partial charge in [0.1, 0.15) is 6.04 Å². The summed E-state index contributed by atoms with van der Waals surface area (Å²) < 4.78 is 0. The van der Waals surface area contributed by atoms with E-state index in [0.717, 1.165) is 57.1 Å². The first-order chi connectivity index (χ1) is 15.5. The summed E-state index contributed by atoms with van der Waals surface area (Å²) in [7, 11) is 0. The van der Waals surface area contributed by atoms with Gasteiger partial charge in [-0.1, -0.05) is 23.5 Å². The normalized spacial score (nSPS) is 21.7. The SMILES string of the molecule is Cc1cccc(N2CCN(C(=O)C3CCCN3c3nnc(N4CCCC4=O)s3)CC2)c1C. The van der Waals surface area contributed by atoms with Crippen LogP contribution < -0.4 is 14.7 Å². The van der Waals surface area contributed by atoms with E-state index in [1.165, 1.54) is 28.2 Å². The van der Waals surface area contributed by atoms with Gasteiger partial charge in [-0.3, -0.25) is 14.5 Å². The van der Waals surface area contributed by atoms with Gasteiger partial charge in [-0.2, -0.15) is 0 Å². The molecule has 8 nitrogen and oxygen atoms in total. The number of hydrogen-bond acceptors (Lipinski definition) is 7. The Morgan fingerprint density at radius 2 is 1.78 bits per heavy atom. The molecule has 3 aliphatic rings. The van der Waals surface area contributed by atoms with Crippen LogP contribution in [0.5, 0.6) is 0 Å². The molecule has 0 saturated carbocycles. The van der Waals surface area contributed by atoms with Gasteiger partial charge in [0.2, 0.25) is 22.1 Å². The lowest BCUT2D eigenvalue weighted by atomic mass is 10.1. The number of rotatable bonds is 4. The Hall–Kier alpha value is -2.68. The summed E-state index contributed by atoms with van der Waals surface area (Å²) >= 11 is 1.43. The van der Waals surface area contributed by atoms with Crippen LogP contribution >= 0.6 is 11.3 Å². The van der Waals surface area contributed by atoms with Crippen LogP contribution in [0, 0.1) is 13.8 Å². The third kappa shape index (κ3) is 3.83. The van der Waals surface area contributed by atoms with Crippen molar-refractivity contribution < 1.29 is 9.59 Å². The summed E-state index contributed by atoms with van der Waals surface area (Å²) in [6, 6.07) is 6.25. The average molecular weight is 455 g/mol. The Kier molecular flexibility index (Phi) is 5.75. The monoisotopic (exact) mass is 454 g/mol. The van der Waals surface area contributed by atoms with Crippen molar-refractivity contribution in [2.75, 3.05) is 54.0 Å². The van der Waals surface area contributed by atoms with E-state index >= 15 is 0 Å². The minimum atomic E-state index is -0.183. The third-order valence-electron chi connectivity index (χ3n) is 7.00. The number of nitrogens with zero attached hydrogens (tertiary/aromatic N) is 6. The summed E-state index contributed by atoms with van der Waals surface area (Å²) in [6.07, 6.45) is 3.25. The second-order valence-corrected chi connectivity index (χ2v) is 9.83. The Labute approximate surface area is 192 Å². The lowest BCUT2D eigenvalue weighted by Gasteiger charge is -2.39. The van der Waals surface area contributed by atoms with Crippen molar-refractivity contribution in [3.05, 3.63) is 29.3 Å². The lowest BCUT2D eigenvalue weighted by Crippen LogP contribution is -2.54. The zero-order valence-electron chi connectivity index (χ0n) is 18.8. The fourth-order valence-corrected chi connectivity index (χ4v) is 5.96. The molecule has 1 aromatic heterocycles. The third-order valence-corrected chi connectivity index (χ3v) is 7.98. The minimum absolute atomic E-state index is 0.114. The Morgan fingerprint density at radius 1 is 1.00 bits per heavy atom. The van der Waals surface area contributed by atoms with Crippen molar-refractivity contribution >= 4 is 39.1 Å². The number of carbonyl (C=O) groups is 2. The number of piperazine rings is 1. The van der Waals surface area contributed by atoms with Crippen LogP contribution in [-0.2, 0) is 9.59 Å². The van der Waals surface area contributed by atoms with E-state index in [0.29, 0.717) is 18.1 Å². The fraction of sp³-hybridized carbons (Fsp3) is 0.565. The predicted molar refractivity (Wildman–Crippen MR) is 127 cm³/mol. The Balaban J connectivity index is 1.24. The van der Waals surface area contributed by atoms with E-state index in [9.17, 15) is 9.59 Å². The highest BCUT2D eigenvalue weighted by Gasteiger charge is 2.37. The number of anilines is 3. The summed E-state index contributed by atoms with van der Waals surface area (Å²) in [6.45, 7) is 9.00. The fourth-order valence-electron chi connectivity index (χ4n) is 4.99. The predicted octanol–water partition coefficient (Wildman–Crippen LogP) is 2.60. The largest absolute Gasteiger partial charge is 0.368 e. The molecule has 0 radical (unpaired) electrons. The van der Waals surface area contributed by atoms with E-state index in [-0.39, 0.29) is 17.9 Å². The van der Waals surface area contributed by atoms with Crippen LogP contribution in [0.15, 0.2) is 18.2 Å². The van der Waals surface area contributed by atoms with Gasteiger partial charge in [0.25, 0.3) is 0 Å². The van der Waals surface area contributed by atoms with Gasteiger partial charge < -0.3 is 14.7 Å². The first-order valence-electron chi connectivity index (χ1n) is 11.5. The topological polar surface area (TPSA) is 72.9 Å².